The fourth-order valence-electron chi connectivity index (χ4n) is 7.31. The van der Waals surface area contributed by atoms with Crippen molar-refractivity contribution in [2.75, 3.05) is 4.90 Å². The topological polar surface area (TPSA) is 3.24 Å². The number of fused-ring (bicyclic) bond motifs is 2. The van der Waals surface area contributed by atoms with Crippen LogP contribution in [0.25, 0.3) is 66.1 Å². The third kappa shape index (κ3) is 5.96. The summed E-state index contributed by atoms with van der Waals surface area (Å²) in [4.78, 5) is 2.39. The van der Waals surface area contributed by atoms with Gasteiger partial charge >= 0.3 is 0 Å². The van der Waals surface area contributed by atoms with E-state index in [0.717, 1.165) is 17.1 Å². The number of nitrogens with zero attached hydrogens (tertiary/aromatic N) is 1. The van der Waals surface area contributed by atoms with E-state index in [-0.39, 0.29) is 0 Å². The molecule has 0 radical (unpaired) electrons. The van der Waals surface area contributed by atoms with Crippen LogP contribution in [0.4, 0.5) is 17.1 Å². The lowest BCUT2D eigenvalue weighted by atomic mass is 9.95. The molecule has 0 aliphatic heterocycles. The standard InChI is InChI=1S/C50H35N/c1-2-13-36(14-3-1)40-19-8-21-42(33-40)43-22-10-24-46(35-43)51(50-28-12-18-39-16-5-7-26-49(39)50)45-31-29-37(30-32-45)41-20-9-23-44(34-41)48-27-11-17-38-15-4-6-25-47(38)48/h1-35H. The summed E-state index contributed by atoms with van der Waals surface area (Å²) >= 11 is 0. The van der Waals surface area contributed by atoms with E-state index in [1.54, 1.807) is 0 Å². The second-order valence-corrected chi connectivity index (χ2v) is 13.0. The summed E-state index contributed by atoms with van der Waals surface area (Å²) in [7, 11) is 0. The number of rotatable bonds is 7. The van der Waals surface area contributed by atoms with Crippen LogP contribution in [0.2, 0.25) is 0 Å². The van der Waals surface area contributed by atoms with Gasteiger partial charge in [0.2, 0.25) is 0 Å². The van der Waals surface area contributed by atoms with Crippen molar-refractivity contribution in [3.63, 3.8) is 0 Å². The Balaban J connectivity index is 1.12. The Morgan fingerprint density at radius 1 is 0.255 bits per heavy atom. The van der Waals surface area contributed by atoms with Gasteiger partial charge in [-0.2, -0.15) is 0 Å². The van der Waals surface area contributed by atoms with Gasteiger partial charge < -0.3 is 4.90 Å². The Hall–Kier alpha value is -6.70. The molecule has 240 valence electrons. The van der Waals surface area contributed by atoms with Gasteiger partial charge in [-0.15, -0.1) is 0 Å². The summed E-state index contributed by atoms with van der Waals surface area (Å²) in [6, 6.07) is 76.6. The molecule has 0 aromatic heterocycles. The molecule has 0 atom stereocenters. The molecule has 9 aromatic rings. The Morgan fingerprint density at radius 2 is 0.725 bits per heavy atom. The minimum Gasteiger partial charge on any atom is -0.310 e. The summed E-state index contributed by atoms with van der Waals surface area (Å²) in [5.74, 6) is 0. The minimum atomic E-state index is 1.11. The first kappa shape index (κ1) is 30.4. The average Bonchev–Trinajstić information content (AvgIpc) is 3.22. The zero-order valence-electron chi connectivity index (χ0n) is 28.2. The Kier molecular flexibility index (Phi) is 7.92. The van der Waals surface area contributed by atoms with Crippen molar-refractivity contribution in [1.29, 1.82) is 0 Å². The first-order valence-electron chi connectivity index (χ1n) is 17.5. The van der Waals surface area contributed by atoms with Crippen LogP contribution in [0, 0.1) is 0 Å². The molecule has 51 heavy (non-hydrogen) atoms. The molecule has 0 heterocycles. The molecule has 0 fully saturated rings. The molecule has 0 amide bonds. The summed E-state index contributed by atoms with van der Waals surface area (Å²) in [5.41, 5.74) is 13.0. The van der Waals surface area contributed by atoms with Crippen molar-refractivity contribution >= 4 is 38.6 Å². The molecule has 0 aliphatic rings. The molecule has 1 nitrogen and oxygen atoms in total. The van der Waals surface area contributed by atoms with E-state index in [2.05, 4.69) is 217 Å². The molecule has 0 bridgehead atoms. The van der Waals surface area contributed by atoms with Gasteiger partial charge in [0.05, 0.1) is 5.69 Å². The largest absolute Gasteiger partial charge is 0.310 e. The molecule has 9 rings (SSSR count). The van der Waals surface area contributed by atoms with Crippen LogP contribution < -0.4 is 4.90 Å². The second-order valence-electron chi connectivity index (χ2n) is 13.0. The molecular formula is C50H35N. The van der Waals surface area contributed by atoms with Crippen LogP contribution in [0.5, 0.6) is 0 Å². The average molecular weight is 650 g/mol. The highest BCUT2D eigenvalue weighted by Crippen LogP contribution is 2.41. The molecular weight excluding hydrogens is 615 g/mol. The van der Waals surface area contributed by atoms with Crippen LogP contribution >= 0.6 is 0 Å². The number of hydrogen-bond donors (Lipinski definition) is 0. The van der Waals surface area contributed by atoms with Gasteiger partial charge in [0.1, 0.15) is 0 Å². The van der Waals surface area contributed by atoms with Crippen molar-refractivity contribution in [3.05, 3.63) is 212 Å². The molecule has 9 aromatic carbocycles. The third-order valence-corrected chi connectivity index (χ3v) is 9.84. The zero-order chi connectivity index (χ0) is 34.0. The van der Waals surface area contributed by atoms with E-state index < -0.39 is 0 Å². The van der Waals surface area contributed by atoms with Crippen LogP contribution in [-0.4, -0.2) is 0 Å². The highest BCUT2D eigenvalue weighted by atomic mass is 15.1. The number of benzene rings is 9. The molecule has 1 heteroatoms. The Labute approximate surface area is 299 Å². The third-order valence-electron chi connectivity index (χ3n) is 9.84. The van der Waals surface area contributed by atoms with E-state index in [0.29, 0.717) is 0 Å². The predicted molar refractivity (Wildman–Crippen MR) is 218 cm³/mol. The predicted octanol–water partition coefficient (Wildman–Crippen LogP) is 14.1. The van der Waals surface area contributed by atoms with Gasteiger partial charge in [-0.1, -0.05) is 170 Å². The van der Waals surface area contributed by atoms with Gasteiger partial charge in [0.25, 0.3) is 0 Å². The van der Waals surface area contributed by atoms with Crippen molar-refractivity contribution in [2.45, 2.75) is 0 Å². The lowest BCUT2D eigenvalue weighted by molar-refractivity contribution is 1.30. The van der Waals surface area contributed by atoms with E-state index in [9.17, 15) is 0 Å². The van der Waals surface area contributed by atoms with Crippen LogP contribution in [-0.2, 0) is 0 Å². The Morgan fingerprint density at radius 3 is 1.47 bits per heavy atom. The molecule has 0 spiro atoms. The van der Waals surface area contributed by atoms with Gasteiger partial charge in [0.15, 0.2) is 0 Å². The molecule has 0 saturated carbocycles. The lowest BCUT2D eigenvalue weighted by Crippen LogP contribution is -2.10. The number of hydrogen-bond acceptors (Lipinski definition) is 1. The highest BCUT2D eigenvalue weighted by molar-refractivity contribution is 6.00. The summed E-state index contributed by atoms with van der Waals surface area (Å²) in [5, 5.41) is 4.95. The molecule has 0 aliphatic carbocycles. The SMILES string of the molecule is c1ccc(-c2cccc(-c3cccc(N(c4ccc(-c5cccc(-c6cccc7ccccc67)c5)cc4)c4cccc5ccccc45)c3)c2)cc1. The quantitative estimate of drug-likeness (QED) is 0.166. The summed E-state index contributed by atoms with van der Waals surface area (Å²) in [6.45, 7) is 0. The Bertz CT molecular complexity index is 2630. The molecule has 0 saturated heterocycles. The maximum Gasteiger partial charge on any atom is 0.0540 e. The normalized spacial score (nSPS) is 11.1. The molecule has 0 N–H and O–H groups in total. The highest BCUT2D eigenvalue weighted by Gasteiger charge is 2.17. The van der Waals surface area contributed by atoms with Gasteiger partial charge in [-0.3, -0.25) is 0 Å². The molecule has 0 unspecified atom stereocenters. The summed E-state index contributed by atoms with van der Waals surface area (Å²) in [6.07, 6.45) is 0. The monoisotopic (exact) mass is 649 g/mol. The maximum atomic E-state index is 2.39. The van der Waals surface area contributed by atoms with E-state index in [1.807, 2.05) is 0 Å². The van der Waals surface area contributed by atoms with Crippen molar-refractivity contribution in [1.82, 2.24) is 0 Å². The number of anilines is 3. The second kappa shape index (κ2) is 13.3. The smallest absolute Gasteiger partial charge is 0.0540 e. The van der Waals surface area contributed by atoms with Gasteiger partial charge in [-0.05, 0) is 103 Å². The van der Waals surface area contributed by atoms with Gasteiger partial charge in [-0.25, -0.2) is 0 Å². The lowest BCUT2D eigenvalue weighted by Gasteiger charge is -2.27. The van der Waals surface area contributed by atoms with Crippen LogP contribution in [0.1, 0.15) is 0 Å². The van der Waals surface area contributed by atoms with E-state index in [1.165, 1.54) is 66.1 Å². The van der Waals surface area contributed by atoms with Crippen LogP contribution in [0.15, 0.2) is 212 Å². The van der Waals surface area contributed by atoms with Crippen molar-refractivity contribution in [3.8, 4) is 44.5 Å². The fraction of sp³-hybridized carbons (Fsp3) is 0. The first-order valence-corrected chi connectivity index (χ1v) is 17.5. The maximum absolute atomic E-state index is 2.39. The zero-order valence-corrected chi connectivity index (χ0v) is 28.2. The van der Waals surface area contributed by atoms with E-state index >= 15 is 0 Å². The fourth-order valence-corrected chi connectivity index (χ4v) is 7.31. The van der Waals surface area contributed by atoms with Crippen molar-refractivity contribution < 1.29 is 0 Å². The minimum absolute atomic E-state index is 1.11. The van der Waals surface area contributed by atoms with E-state index in [4.69, 9.17) is 0 Å². The first-order chi connectivity index (χ1) is 25.3. The van der Waals surface area contributed by atoms with Crippen LogP contribution in [0.3, 0.4) is 0 Å². The van der Waals surface area contributed by atoms with Gasteiger partial charge in [0, 0.05) is 16.8 Å². The van der Waals surface area contributed by atoms with Crippen molar-refractivity contribution in [2.24, 2.45) is 0 Å². The summed E-state index contributed by atoms with van der Waals surface area (Å²) < 4.78 is 0.